The number of carboxylic acid groups (broad SMARTS) is 1. The summed E-state index contributed by atoms with van der Waals surface area (Å²) in [7, 11) is 0. The van der Waals surface area contributed by atoms with E-state index < -0.39 is 12.1 Å². The zero-order valence-corrected chi connectivity index (χ0v) is 11.3. The van der Waals surface area contributed by atoms with Crippen molar-refractivity contribution >= 4 is 17.6 Å². The van der Waals surface area contributed by atoms with Gasteiger partial charge in [-0.3, -0.25) is 0 Å². The highest BCUT2D eigenvalue weighted by Crippen LogP contribution is 2.16. The van der Waals surface area contributed by atoms with Gasteiger partial charge in [0, 0.05) is 5.02 Å². The van der Waals surface area contributed by atoms with Crippen LogP contribution in [0.2, 0.25) is 5.02 Å². The number of rotatable bonds is 8. The van der Waals surface area contributed by atoms with Crippen LogP contribution < -0.4 is 4.74 Å². The first-order chi connectivity index (χ1) is 9.00. The number of hydrogen-bond acceptors (Lipinski definition) is 3. The van der Waals surface area contributed by atoms with Crippen LogP contribution in [0.3, 0.4) is 0 Å². The van der Waals surface area contributed by atoms with E-state index in [4.69, 9.17) is 21.4 Å². The number of aliphatic hydroxyl groups is 1. The van der Waals surface area contributed by atoms with Crippen LogP contribution in [0.4, 0.5) is 0 Å². The van der Waals surface area contributed by atoms with E-state index in [1.54, 1.807) is 24.3 Å². The van der Waals surface area contributed by atoms with Crippen LogP contribution in [0.1, 0.15) is 19.3 Å². The van der Waals surface area contributed by atoms with Gasteiger partial charge in [-0.05, 0) is 43.5 Å². The molecule has 1 aromatic rings. The van der Waals surface area contributed by atoms with E-state index in [-0.39, 0.29) is 5.57 Å². The molecule has 0 amide bonds. The van der Waals surface area contributed by atoms with E-state index in [0.717, 1.165) is 12.2 Å². The molecule has 2 N–H and O–H groups in total. The molecule has 0 bridgehead atoms. The molecule has 0 saturated carbocycles. The second-order valence-corrected chi connectivity index (χ2v) is 4.58. The molecule has 1 rings (SSSR count). The third-order valence-corrected chi connectivity index (χ3v) is 2.88. The number of aliphatic hydroxyl groups excluding tert-OH is 1. The molecule has 0 heterocycles. The molecule has 19 heavy (non-hydrogen) atoms. The van der Waals surface area contributed by atoms with Crippen molar-refractivity contribution in [3.63, 3.8) is 0 Å². The Labute approximate surface area is 117 Å². The molecule has 0 aliphatic carbocycles. The Morgan fingerprint density at radius 3 is 2.53 bits per heavy atom. The summed E-state index contributed by atoms with van der Waals surface area (Å²) in [5, 5.41) is 18.8. The average molecular weight is 285 g/mol. The Hall–Kier alpha value is -1.52. The van der Waals surface area contributed by atoms with Gasteiger partial charge < -0.3 is 14.9 Å². The number of aliphatic carboxylic acids is 1. The molecule has 1 unspecified atom stereocenters. The van der Waals surface area contributed by atoms with Gasteiger partial charge in [0.1, 0.15) is 5.75 Å². The van der Waals surface area contributed by atoms with Crippen molar-refractivity contribution in [2.24, 2.45) is 0 Å². The molecule has 104 valence electrons. The monoisotopic (exact) mass is 284 g/mol. The Morgan fingerprint density at radius 2 is 1.95 bits per heavy atom. The fraction of sp³-hybridized carbons (Fsp3) is 0.357. The van der Waals surface area contributed by atoms with Gasteiger partial charge in [-0.15, -0.1) is 0 Å². The molecular weight excluding hydrogens is 268 g/mol. The maximum Gasteiger partial charge on any atom is 0.333 e. The molecule has 0 aliphatic rings. The summed E-state index contributed by atoms with van der Waals surface area (Å²) < 4.78 is 5.47. The second-order valence-electron chi connectivity index (χ2n) is 4.14. The van der Waals surface area contributed by atoms with Crippen LogP contribution in [0, 0.1) is 0 Å². The predicted molar refractivity (Wildman–Crippen MR) is 73.6 cm³/mol. The molecule has 0 spiro atoms. The quantitative estimate of drug-likeness (QED) is 0.569. The highest BCUT2D eigenvalue weighted by atomic mass is 35.5. The summed E-state index contributed by atoms with van der Waals surface area (Å²) >= 11 is 5.75. The Bertz CT molecular complexity index is 428. The summed E-state index contributed by atoms with van der Waals surface area (Å²) in [5.41, 5.74) is -0.168. The van der Waals surface area contributed by atoms with E-state index in [0.29, 0.717) is 24.5 Å². The maximum atomic E-state index is 10.5. The zero-order chi connectivity index (χ0) is 14.3. The van der Waals surface area contributed by atoms with E-state index in [1.165, 1.54) is 0 Å². The molecule has 0 aromatic heterocycles. The summed E-state index contributed by atoms with van der Waals surface area (Å²) in [6.45, 7) is 3.82. The van der Waals surface area contributed by atoms with Crippen molar-refractivity contribution in [1.29, 1.82) is 0 Å². The minimum atomic E-state index is -1.16. The molecular formula is C14H17ClO4. The standard InChI is InChI=1S/C14H17ClO4/c1-10(14(17)18)13(16)4-2-3-9-19-12-7-5-11(15)6-8-12/h5-8,13,16H,1-4,9H2,(H,17,18). The van der Waals surface area contributed by atoms with E-state index in [9.17, 15) is 9.90 Å². The molecule has 0 radical (unpaired) electrons. The van der Waals surface area contributed by atoms with Gasteiger partial charge in [-0.1, -0.05) is 18.2 Å². The smallest absolute Gasteiger partial charge is 0.333 e. The van der Waals surface area contributed by atoms with Gasteiger partial charge in [0.2, 0.25) is 0 Å². The Morgan fingerprint density at radius 1 is 1.32 bits per heavy atom. The minimum absolute atomic E-state index is 0.168. The average Bonchev–Trinajstić information content (AvgIpc) is 2.39. The van der Waals surface area contributed by atoms with Crippen LogP contribution >= 0.6 is 11.6 Å². The van der Waals surface area contributed by atoms with Crippen LogP contribution in [0.5, 0.6) is 5.75 Å². The van der Waals surface area contributed by atoms with Gasteiger partial charge in [0.25, 0.3) is 0 Å². The molecule has 0 saturated heterocycles. The lowest BCUT2D eigenvalue weighted by molar-refractivity contribution is -0.133. The molecule has 1 atom stereocenters. The van der Waals surface area contributed by atoms with Crippen molar-refractivity contribution in [2.45, 2.75) is 25.4 Å². The van der Waals surface area contributed by atoms with Gasteiger partial charge >= 0.3 is 5.97 Å². The number of unbranched alkanes of at least 4 members (excludes halogenated alkanes) is 1. The van der Waals surface area contributed by atoms with Gasteiger partial charge in [-0.25, -0.2) is 4.79 Å². The van der Waals surface area contributed by atoms with E-state index in [2.05, 4.69) is 6.58 Å². The molecule has 0 aliphatic heterocycles. The van der Waals surface area contributed by atoms with Crippen molar-refractivity contribution in [3.05, 3.63) is 41.4 Å². The minimum Gasteiger partial charge on any atom is -0.494 e. The van der Waals surface area contributed by atoms with Crippen LogP contribution in [-0.2, 0) is 4.79 Å². The first kappa shape index (κ1) is 15.5. The number of carbonyl (C=O) groups is 1. The molecule has 1 aromatic carbocycles. The summed E-state index contributed by atoms with van der Waals surface area (Å²) in [6.07, 6.45) is 0.774. The van der Waals surface area contributed by atoms with Crippen LogP contribution in [0.15, 0.2) is 36.4 Å². The number of benzene rings is 1. The van der Waals surface area contributed by atoms with E-state index >= 15 is 0 Å². The SMILES string of the molecule is C=C(C(=O)O)C(O)CCCCOc1ccc(Cl)cc1. The number of hydrogen-bond donors (Lipinski definition) is 2. The molecule has 4 nitrogen and oxygen atoms in total. The van der Waals surface area contributed by atoms with E-state index in [1.807, 2.05) is 0 Å². The van der Waals surface area contributed by atoms with Crippen LogP contribution in [0.25, 0.3) is 0 Å². The lowest BCUT2D eigenvalue weighted by atomic mass is 10.1. The van der Waals surface area contributed by atoms with Crippen LogP contribution in [-0.4, -0.2) is 28.9 Å². The largest absolute Gasteiger partial charge is 0.494 e. The topological polar surface area (TPSA) is 66.8 Å². The fourth-order valence-corrected chi connectivity index (χ4v) is 1.60. The summed E-state index contributed by atoms with van der Waals surface area (Å²) in [5.74, 6) is -0.426. The summed E-state index contributed by atoms with van der Waals surface area (Å²) in [6, 6.07) is 7.06. The highest BCUT2D eigenvalue weighted by Gasteiger charge is 2.14. The first-order valence-corrected chi connectivity index (χ1v) is 6.37. The molecule has 5 heteroatoms. The fourth-order valence-electron chi connectivity index (χ4n) is 1.48. The van der Waals surface area contributed by atoms with Crippen molar-refractivity contribution < 1.29 is 19.7 Å². The Kier molecular flexibility index (Phi) is 6.39. The van der Waals surface area contributed by atoms with Gasteiger partial charge in [-0.2, -0.15) is 0 Å². The van der Waals surface area contributed by atoms with Crippen molar-refractivity contribution in [3.8, 4) is 5.75 Å². The second kappa shape index (κ2) is 7.81. The normalized spacial score (nSPS) is 11.9. The number of carboxylic acids is 1. The van der Waals surface area contributed by atoms with Gasteiger partial charge in [0.15, 0.2) is 0 Å². The number of halogens is 1. The zero-order valence-electron chi connectivity index (χ0n) is 10.5. The van der Waals surface area contributed by atoms with Crippen molar-refractivity contribution in [2.75, 3.05) is 6.61 Å². The van der Waals surface area contributed by atoms with Gasteiger partial charge in [0.05, 0.1) is 18.3 Å². The highest BCUT2D eigenvalue weighted by molar-refractivity contribution is 6.30. The predicted octanol–water partition coefficient (Wildman–Crippen LogP) is 2.89. The maximum absolute atomic E-state index is 10.5. The van der Waals surface area contributed by atoms with Crippen molar-refractivity contribution in [1.82, 2.24) is 0 Å². The summed E-state index contributed by atoms with van der Waals surface area (Å²) in [4.78, 5) is 10.5. The lowest BCUT2D eigenvalue weighted by Crippen LogP contribution is -2.16. The third-order valence-electron chi connectivity index (χ3n) is 2.63. The lowest BCUT2D eigenvalue weighted by Gasteiger charge is -2.10. The third kappa shape index (κ3) is 5.77. The number of ether oxygens (including phenoxy) is 1. The Balaban J connectivity index is 2.16. The first-order valence-electron chi connectivity index (χ1n) is 5.99. The molecule has 0 fully saturated rings.